The van der Waals surface area contributed by atoms with E-state index in [1.807, 2.05) is 0 Å². The molecule has 0 fully saturated rings. The first-order valence-corrected chi connectivity index (χ1v) is 5.37. The van der Waals surface area contributed by atoms with Crippen LogP contribution in [0, 0.1) is 5.82 Å². The number of carbonyl (C=O) groups is 2. The zero-order chi connectivity index (χ0) is 12.8. The fraction of sp³-hybridized carbons (Fsp3) is 0.273. The first kappa shape index (κ1) is 13.4. The van der Waals surface area contributed by atoms with Crippen LogP contribution in [0.15, 0.2) is 24.3 Å². The fourth-order valence-electron chi connectivity index (χ4n) is 1.28. The van der Waals surface area contributed by atoms with Crippen molar-refractivity contribution < 1.29 is 19.1 Å². The molecule has 0 aliphatic heterocycles. The highest BCUT2D eigenvalue weighted by Gasteiger charge is 2.13. The molecule has 0 saturated carbocycles. The van der Waals surface area contributed by atoms with Crippen LogP contribution >= 0.6 is 11.6 Å². The third-order valence-electron chi connectivity index (χ3n) is 2.09. The van der Waals surface area contributed by atoms with Gasteiger partial charge < -0.3 is 15.2 Å². The number of carbonyl (C=O) groups excluding carboxylic acids is 2. The molecule has 0 spiro atoms. The lowest BCUT2D eigenvalue weighted by molar-refractivity contribution is -0.308. The summed E-state index contributed by atoms with van der Waals surface area (Å²) >= 11 is 5.25. The lowest BCUT2D eigenvalue weighted by atomic mass is 10.1. The highest BCUT2D eigenvalue weighted by atomic mass is 35.5. The van der Waals surface area contributed by atoms with E-state index in [0.29, 0.717) is 5.56 Å². The number of carboxylic acid groups (broad SMARTS) is 1. The van der Waals surface area contributed by atoms with E-state index in [1.54, 1.807) is 0 Å². The first-order valence-electron chi connectivity index (χ1n) is 4.83. The number of hydrogen-bond donors (Lipinski definition) is 1. The Morgan fingerprint density at radius 3 is 2.41 bits per heavy atom. The van der Waals surface area contributed by atoms with Crippen LogP contribution in [0.1, 0.15) is 5.56 Å². The van der Waals surface area contributed by atoms with Gasteiger partial charge in [0, 0.05) is 0 Å². The molecular formula is C11H10ClFNO3-. The maximum atomic E-state index is 12.6. The van der Waals surface area contributed by atoms with E-state index >= 15 is 0 Å². The van der Waals surface area contributed by atoms with Gasteiger partial charge in [0.1, 0.15) is 11.7 Å². The molecule has 17 heavy (non-hydrogen) atoms. The van der Waals surface area contributed by atoms with Crippen LogP contribution in [-0.2, 0) is 16.0 Å². The fourth-order valence-corrected chi connectivity index (χ4v) is 1.36. The second kappa shape index (κ2) is 6.20. The molecule has 0 aliphatic carbocycles. The highest BCUT2D eigenvalue weighted by Crippen LogP contribution is 2.05. The zero-order valence-electron chi connectivity index (χ0n) is 8.78. The molecule has 4 nitrogen and oxygen atoms in total. The molecule has 1 amide bonds. The Bertz CT molecular complexity index is 408. The summed E-state index contributed by atoms with van der Waals surface area (Å²) < 4.78 is 12.6. The van der Waals surface area contributed by atoms with Crippen LogP contribution in [0.25, 0.3) is 0 Å². The molecule has 0 unspecified atom stereocenters. The SMILES string of the molecule is O=C(CCl)N[C@H](Cc1ccc(F)cc1)C(=O)[O-]. The molecule has 92 valence electrons. The predicted molar refractivity (Wildman–Crippen MR) is 57.8 cm³/mol. The Kier molecular flexibility index (Phi) is 4.90. The molecule has 0 aliphatic rings. The molecule has 1 aromatic carbocycles. The minimum atomic E-state index is -1.41. The average molecular weight is 259 g/mol. The number of amides is 1. The number of carboxylic acids is 1. The third kappa shape index (κ3) is 4.40. The van der Waals surface area contributed by atoms with Crippen LogP contribution in [0.2, 0.25) is 0 Å². The normalized spacial score (nSPS) is 11.9. The summed E-state index contributed by atoms with van der Waals surface area (Å²) in [6.07, 6.45) is 0.0191. The molecule has 1 aromatic rings. The molecule has 6 heteroatoms. The van der Waals surface area contributed by atoms with Crippen molar-refractivity contribution in [3.05, 3.63) is 35.6 Å². The minimum Gasteiger partial charge on any atom is -0.548 e. The molecule has 1 atom stereocenters. The molecule has 0 bridgehead atoms. The first-order chi connectivity index (χ1) is 8.02. The topological polar surface area (TPSA) is 69.2 Å². The maximum Gasteiger partial charge on any atom is 0.235 e. The van der Waals surface area contributed by atoms with Crippen molar-refractivity contribution in [2.75, 3.05) is 5.88 Å². The summed E-state index contributed by atoms with van der Waals surface area (Å²) in [6, 6.07) is 4.14. The largest absolute Gasteiger partial charge is 0.548 e. The monoisotopic (exact) mass is 258 g/mol. The predicted octanol–water partition coefficient (Wildman–Crippen LogP) is -0.158. The van der Waals surface area contributed by atoms with Crippen LogP contribution in [0.5, 0.6) is 0 Å². The smallest absolute Gasteiger partial charge is 0.235 e. The molecular weight excluding hydrogens is 249 g/mol. The van der Waals surface area contributed by atoms with Gasteiger partial charge in [-0.2, -0.15) is 0 Å². The van der Waals surface area contributed by atoms with Gasteiger partial charge in [-0.05, 0) is 24.1 Å². The molecule has 0 aromatic heterocycles. The molecule has 1 rings (SSSR count). The Morgan fingerprint density at radius 1 is 1.35 bits per heavy atom. The number of rotatable bonds is 5. The van der Waals surface area contributed by atoms with Crippen molar-refractivity contribution in [1.82, 2.24) is 5.32 Å². The van der Waals surface area contributed by atoms with E-state index in [4.69, 9.17) is 11.6 Å². The zero-order valence-corrected chi connectivity index (χ0v) is 9.54. The van der Waals surface area contributed by atoms with Gasteiger partial charge in [-0.1, -0.05) is 12.1 Å². The minimum absolute atomic E-state index is 0.0191. The maximum absolute atomic E-state index is 12.6. The lowest BCUT2D eigenvalue weighted by Crippen LogP contribution is -2.49. The van der Waals surface area contributed by atoms with Crippen molar-refractivity contribution in [2.45, 2.75) is 12.5 Å². The van der Waals surface area contributed by atoms with Crippen LogP contribution in [0.4, 0.5) is 4.39 Å². The standard InChI is InChI=1S/C11H11ClFNO3/c12-6-10(15)14-9(11(16)17)5-7-1-3-8(13)4-2-7/h1-4,9H,5-6H2,(H,14,15)(H,16,17)/p-1/t9-/m1/s1. The van der Waals surface area contributed by atoms with E-state index in [-0.39, 0.29) is 12.3 Å². The van der Waals surface area contributed by atoms with Gasteiger partial charge in [0.25, 0.3) is 0 Å². The van der Waals surface area contributed by atoms with Gasteiger partial charge >= 0.3 is 0 Å². The second-order valence-corrected chi connectivity index (χ2v) is 3.67. The number of hydrogen-bond acceptors (Lipinski definition) is 3. The number of alkyl halides is 1. The summed E-state index contributed by atoms with van der Waals surface area (Å²) in [7, 11) is 0. The van der Waals surface area contributed by atoms with Gasteiger partial charge in [-0.3, -0.25) is 4.79 Å². The third-order valence-corrected chi connectivity index (χ3v) is 2.34. The summed E-state index contributed by atoms with van der Waals surface area (Å²) in [5, 5.41) is 13.0. The summed E-state index contributed by atoms with van der Waals surface area (Å²) in [4.78, 5) is 21.8. The van der Waals surface area contributed by atoms with Gasteiger partial charge in [0.2, 0.25) is 5.91 Å². The van der Waals surface area contributed by atoms with Crippen molar-refractivity contribution in [3.8, 4) is 0 Å². The molecule has 0 saturated heterocycles. The van der Waals surface area contributed by atoms with Gasteiger partial charge in [0.05, 0.1) is 12.0 Å². The second-order valence-electron chi connectivity index (χ2n) is 3.40. The van der Waals surface area contributed by atoms with Crippen LogP contribution < -0.4 is 10.4 Å². The Hall–Kier alpha value is -1.62. The Labute approximate surface area is 102 Å². The number of benzene rings is 1. The molecule has 1 N–H and O–H groups in total. The Morgan fingerprint density at radius 2 is 1.94 bits per heavy atom. The van der Waals surface area contributed by atoms with E-state index in [2.05, 4.69) is 5.32 Å². The highest BCUT2D eigenvalue weighted by molar-refractivity contribution is 6.27. The van der Waals surface area contributed by atoms with Crippen LogP contribution in [0.3, 0.4) is 0 Å². The molecule has 0 radical (unpaired) electrons. The van der Waals surface area contributed by atoms with E-state index in [9.17, 15) is 19.1 Å². The summed E-state index contributed by atoms with van der Waals surface area (Å²) in [5.41, 5.74) is 0.579. The van der Waals surface area contributed by atoms with E-state index in [1.165, 1.54) is 24.3 Å². The quantitative estimate of drug-likeness (QED) is 0.747. The van der Waals surface area contributed by atoms with E-state index < -0.39 is 23.7 Å². The van der Waals surface area contributed by atoms with Crippen molar-refractivity contribution in [2.24, 2.45) is 0 Å². The van der Waals surface area contributed by atoms with Crippen LogP contribution in [-0.4, -0.2) is 23.8 Å². The van der Waals surface area contributed by atoms with E-state index in [0.717, 1.165) is 0 Å². The van der Waals surface area contributed by atoms with Crippen molar-refractivity contribution in [3.63, 3.8) is 0 Å². The lowest BCUT2D eigenvalue weighted by Gasteiger charge is -2.19. The van der Waals surface area contributed by atoms with Gasteiger partial charge in [-0.25, -0.2) is 4.39 Å². The average Bonchev–Trinajstić information content (AvgIpc) is 2.30. The van der Waals surface area contributed by atoms with Gasteiger partial charge in [0.15, 0.2) is 0 Å². The number of aliphatic carboxylic acids is 1. The van der Waals surface area contributed by atoms with Crippen molar-refractivity contribution in [1.29, 1.82) is 0 Å². The van der Waals surface area contributed by atoms with Gasteiger partial charge in [-0.15, -0.1) is 11.6 Å². The molecule has 0 heterocycles. The summed E-state index contributed by atoms with van der Waals surface area (Å²) in [6.45, 7) is 0. The summed E-state index contributed by atoms with van der Waals surface area (Å²) in [5.74, 6) is -2.74. The Balaban J connectivity index is 2.70. The number of halogens is 2. The van der Waals surface area contributed by atoms with Crippen molar-refractivity contribution >= 4 is 23.5 Å². The number of nitrogens with one attached hydrogen (secondary N) is 1.